The number of pyridine rings is 1. The average Bonchev–Trinajstić information content (AvgIpc) is 2.40. The minimum Gasteiger partial charge on any atom is -0.444 e. The number of carbonyl (C=O) groups excluding carboxylic acids is 1. The fourth-order valence-corrected chi connectivity index (χ4v) is 2.08. The van der Waals surface area contributed by atoms with E-state index < -0.39 is 11.7 Å². The summed E-state index contributed by atoms with van der Waals surface area (Å²) in [5, 5.41) is 6.18. The fraction of sp³-hybridized carbons (Fsp3) is 0.647. The van der Waals surface area contributed by atoms with E-state index in [2.05, 4.69) is 29.5 Å². The van der Waals surface area contributed by atoms with Crippen molar-refractivity contribution < 1.29 is 13.9 Å². The van der Waals surface area contributed by atoms with Crippen molar-refractivity contribution in [2.45, 2.75) is 59.2 Å². The Morgan fingerprint density at radius 1 is 1.30 bits per heavy atom. The Kier molecular flexibility index (Phi) is 6.94. The van der Waals surface area contributed by atoms with Crippen LogP contribution in [0, 0.1) is 11.7 Å². The van der Waals surface area contributed by atoms with Crippen LogP contribution in [0.3, 0.4) is 0 Å². The lowest BCUT2D eigenvalue weighted by molar-refractivity contribution is 0.0518. The van der Waals surface area contributed by atoms with Gasteiger partial charge in [0.05, 0.1) is 6.20 Å². The molecule has 1 rings (SSSR count). The molecule has 1 aromatic heterocycles. The Morgan fingerprint density at radius 3 is 2.48 bits per heavy atom. The first-order chi connectivity index (χ1) is 10.6. The van der Waals surface area contributed by atoms with Gasteiger partial charge in [-0.05, 0) is 45.2 Å². The number of hydrogen-bond donors (Lipinski definition) is 2. The number of nitrogens with one attached hydrogen (secondary N) is 2. The number of amides is 1. The molecule has 23 heavy (non-hydrogen) atoms. The van der Waals surface area contributed by atoms with Crippen molar-refractivity contribution in [1.82, 2.24) is 15.6 Å². The van der Waals surface area contributed by atoms with E-state index in [1.807, 2.05) is 27.7 Å². The van der Waals surface area contributed by atoms with Gasteiger partial charge >= 0.3 is 6.09 Å². The molecule has 0 bridgehead atoms. The molecule has 6 heteroatoms. The van der Waals surface area contributed by atoms with E-state index in [1.165, 1.54) is 12.3 Å². The Hall–Kier alpha value is -1.69. The van der Waals surface area contributed by atoms with E-state index in [-0.39, 0.29) is 23.8 Å². The molecule has 0 spiro atoms. The highest BCUT2D eigenvalue weighted by Crippen LogP contribution is 2.15. The predicted octanol–water partition coefficient (Wildman–Crippen LogP) is 3.42. The number of halogens is 1. The van der Waals surface area contributed by atoms with Gasteiger partial charge in [0.1, 0.15) is 11.4 Å². The minimum absolute atomic E-state index is 0.0285. The highest BCUT2D eigenvalue weighted by molar-refractivity contribution is 5.67. The molecule has 0 saturated carbocycles. The highest BCUT2D eigenvalue weighted by atomic mass is 19.1. The van der Waals surface area contributed by atoms with Crippen molar-refractivity contribution in [1.29, 1.82) is 0 Å². The number of aromatic nitrogens is 1. The van der Waals surface area contributed by atoms with Crippen molar-refractivity contribution >= 4 is 6.09 Å². The van der Waals surface area contributed by atoms with Crippen molar-refractivity contribution in [2.75, 3.05) is 6.54 Å². The number of hydrogen-bond acceptors (Lipinski definition) is 4. The van der Waals surface area contributed by atoms with Crippen LogP contribution in [-0.4, -0.2) is 29.3 Å². The van der Waals surface area contributed by atoms with Crippen LogP contribution in [0.5, 0.6) is 0 Å². The molecule has 1 heterocycles. The van der Waals surface area contributed by atoms with Crippen LogP contribution in [0.1, 0.15) is 53.1 Å². The molecule has 2 atom stereocenters. The maximum atomic E-state index is 13.3. The zero-order valence-corrected chi connectivity index (χ0v) is 14.8. The molecular weight excluding hydrogens is 297 g/mol. The Labute approximate surface area is 138 Å². The molecule has 2 N–H and O–H groups in total. The van der Waals surface area contributed by atoms with Crippen molar-refractivity contribution in [3.8, 4) is 0 Å². The average molecular weight is 325 g/mol. The number of ether oxygens (including phenoxy) is 1. The molecule has 0 fully saturated rings. The maximum Gasteiger partial charge on any atom is 0.407 e. The molecule has 0 aromatic carbocycles. The third kappa shape index (κ3) is 7.41. The molecule has 0 saturated heterocycles. The second-order valence-corrected chi connectivity index (χ2v) is 7.06. The van der Waals surface area contributed by atoms with Crippen LogP contribution in [0.25, 0.3) is 0 Å². The quantitative estimate of drug-likeness (QED) is 0.841. The SMILES string of the molecule is CC(NC(CNC(=O)OC(C)(C)C)C(C)C)c1cncc(F)c1. The first kappa shape index (κ1) is 19.4. The summed E-state index contributed by atoms with van der Waals surface area (Å²) in [4.78, 5) is 15.6. The molecule has 0 aliphatic heterocycles. The Balaban J connectivity index is 2.60. The third-order valence-electron chi connectivity index (χ3n) is 3.36. The molecule has 0 aliphatic rings. The van der Waals surface area contributed by atoms with Crippen molar-refractivity contribution in [3.05, 3.63) is 29.8 Å². The molecule has 2 unspecified atom stereocenters. The predicted molar refractivity (Wildman–Crippen MR) is 88.6 cm³/mol. The zero-order chi connectivity index (χ0) is 17.6. The van der Waals surface area contributed by atoms with Crippen LogP contribution in [0.4, 0.5) is 9.18 Å². The number of rotatable bonds is 6. The third-order valence-corrected chi connectivity index (χ3v) is 3.36. The van der Waals surface area contributed by atoms with Gasteiger partial charge in [-0.15, -0.1) is 0 Å². The summed E-state index contributed by atoms with van der Waals surface area (Å²) in [6.07, 6.45) is 2.38. The van der Waals surface area contributed by atoms with Gasteiger partial charge in [-0.1, -0.05) is 13.8 Å². The van der Waals surface area contributed by atoms with Crippen molar-refractivity contribution in [3.63, 3.8) is 0 Å². The second-order valence-electron chi connectivity index (χ2n) is 7.06. The summed E-state index contributed by atoms with van der Waals surface area (Å²) in [6, 6.07) is 1.41. The van der Waals surface area contributed by atoms with Gasteiger partial charge in [0.25, 0.3) is 0 Å². The van der Waals surface area contributed by atoms with Gasteiger partial charge in [0.2, 0.25) is 0 Å². The highest BCUT2D eigenvalue weighted by Gasteiger charge is 2.20. The van der Waals surface area contributed by atoms with E-state index in [1.54, 1.807) is 6.20 Å². The van der Waals surface area contributed by atoms with E-state index in [4.69, 9.17) is 4.74 Å². The van der Waals surface area contributed by atoms with Gasteiger partial charge in [-0.2, -0.15) is 0 Å². The molecule has 130 valence electrons. The lowest BCUT2D eigenvalue weighted by Crippen LogP contribution is -2.46. The van der Waals surface area contributed by atoms with Gasteiger partial charge < -0.3 is 15.4 Å². The fourth-order valence-electron chi connectivity index (χ4n) is 2.08. The van der Waals surface area contributed by atoms with Crippen LogP contribution in [-0.2, 0) is 4.74 Å². The molecule has 0 aliphatic carbocycles. The van der Waals surface area contributed by atoms with E-state index in [0.717, 1.165) is 5.56 Å². The van der Waals surface area contributed by atoms with Crippen LogP contribution < -0.4 is 10.6 Å². The van der Waals surface area contributed by atoms with Gasteiger partial charge in [-0.25, -0.2) is 9.18 Å². The summed E-state index contributed by atoms with van der Waals surface area (Å²) in [6.45, 7) is 12.0. The van der Waals surface area contributed by atoms with E-state index >= 15 is 0 Å². The number of nitrogens with zero attached hydrogens (tertiary/aromatic N) is 1. The van der Waals surface area contributed by atoms with E-state index in [0.29, 0.717) is 6.54 Å². The smallest absolute Gasteiger partial charge is 0.407 e. The molecule has 0 radical (unpaired) electrons. The summed E-state index contributed by atoms with van der Waals surface area (Å²) in [7, 11) is 0. The van der Waals surface area contributed by atoms with Crippen LogP contribution in [0.15, 0.2) is 18.5 Å². The van der Waals surface area contributed by atoms with Crippen LogP contribution in [0.2, 0.25) is 0 Å². The Bertz CT molecular complexity index is 515. The molecule has 1 aromatic rings. The summed E-state index contributed by atoms with van der Waals surface area (Å²) >= 11 is 0. The molecule has 5 nitrogen and oxygen atoms in total. The zero-order valence-electron chi connectivity index (χ0n) is 14.8. The van der Waals surface area contributed by atoms with E-state index in [9.17, 15) is 9.18 Å². The first-order valence-electron chi connectivity index (χ1n) is 7.92. The monoisotopic (exact) mass is 325 g/mol. The summed E-state index contributed by atoms with van der Waals surface area (Å²) in [5.41, 5.74) is 0.249. The number of carbonyl (C=O) groups is 1. The summed E-state index contributed by atoms with van der Waals surface area (Å²) in [5.74, 6) is -0.0713. The van der Waals surface area contributed by atoms with Crippen molar-refractivity contribution in [2.24, 2.45) is 5.92 Å². The standard InChI is InChI=1S/C17H28FN3O2/c1-11(2)15(10-20-16(22)23-17(4,5)6)21-12(3)13-7-14(18)9-19-8-13/h7-9,11-12,15,21H,10H2,1-6H3,(H,20,22). The normalized spacial score (nSPS) is 14.4. The second kappa shape index (κ2) is 8.24. The minimum atomic E-state index is -0.522. The van der Waals surface area contributed by atoms with Gasteiger partial charge in [0.15, 0.2) is 0 Å². The molecular formula is C17H28FN3O2. The largest absolute Gasteiger partial charge is 0.444 e. The first-order valence-corrected chi connectivity index (χ1v) is 7.92. The Morgan fingerprint density at radius 2 is 1.96 bits per heavy atom. The maximum absolute atomic E-state index is 13.3. The van der Waals surface area contributed by atoms with Gasteiger partial charge in [0, 0.05) is 24.8 Å². The van der Waals surface area contributed by atoms with Crippen LogP contribution >= 0.6 is 0 Å². The summed E-state index contributed by atoms with van der Waals surface area (Å²) < 4.78 is 18.5. The lowest BCUT2D eigenvalue weighted by Gasteiger charge is -2.27. The van der Waals surface area contributed by atoms with Gasteiger partial charge in [-0.3, -0.25) is 4.98 Å². The molecule has 1 amide bonds. The number of alkyl carbamates (subject to hydrolysis) is 1. The lowest BCUT2D eigenvalue weighted by atomic mass is 10.0. The topological polar surface area (TPSA) is 63.2 Å².